The lowest BCUT2D eigenvalue weighted by atomic mass is 10.0. The molecule has 0 aromatic carbocycles. The maximum absolute atomic E-state index is 11.9. The monoisotopic (exact) mass is 226 g/mol. The van der Waals surface area contributed by atoms with Crippen molar-refractivity contribution in [3.05, 3.63) is 11.6 Å². The van der Waals surface area contributed by atoms with Gasteiger partial charge in [-0.25, -0.2) is 0 Å². The van der Waals surface area contributed by atoms with Crippen molar-refractivity contribution >= 4 is 5.91 Å². The van der Waals surface area contributed by atoms with Crippen molar-refractivity contribution in [2.75, 3.05) is 26.8 Å². The van der Waals surface area contributed by atoms with Gasteiger partial charge in [0.25, 0.3) is 0 Å². The lowest BCUT2D eigenvalue weighted by Crippen LogP contribution is -2.42. The first kappa shape index (κ1) is 13.2. The molecule has 0 saturated carbocycles. The van der Waals surface area contributed by atoms with Crippen LogP contribution in [0, 0.1) is 0 Å². The summed E-state index contributed by atoms with van der Waals surface area (Å²) in [5.41, 5.74) is 6.69. The van der Waals surface area contributed by atoms with E-state index in [0.29, 0.717) is 19.6 Å². The Morgan fingerprint density at radius 2 is 2.31 bits per heavy atom. The van der Waals surface area contributed by atoms with E-state index < -0.39 is 5.54 Å². The normalized spacial score (nSPS) is 17.2. The summed E-state index contributed by atoms with van der Waals surface area (Å²) in [5, 5.41) is 0. The van der Waals surface area contributed by atoms with Crippen LogP contribution in [0.25, 0.3) is 0 Å². The number of nitrogens with two attached hydrogens (primary N) is 1. The number of methoxy groups -OCH3 is 1. The van der Waals surface area contributed by atoms with Crippen LogP contribution in [-0.4, -0.2) is 43.2 Å². The van der Waals surface area contributed by atoms with Gasteiger partial charge in [0.2, 0.25) is 5.91 Å². The Morgan fingerprint density at radius 3 is 2.75 bits per heavy atom. The highest BCUT2D eigenvalue weighted by atomic mass is 16.5. The highest BCUT2D eigenvalue weighted by molar-refractivity contribution is 5.77. The molecule has 0 aromatic heterocycles. The van der Waals surface area contributed by atoms with Gasteiger partial charge in [-0.15, -0.1) is 0 Å². The Kier molecular flexibility index (Phi) is 4.50. The largest absolute Gasteiger partial charge is 0.380 e. The van der Waals surface area contributed by atoms with E-state index in [1.807, 2.05) is 18.7 Å². The fourth-order valence-corrected chi connectivity index (χ4v) is 1.76. The molecule has 0 spiro atoms. The number of hydrogen-bond acceptors (Lipinski definition) is 3. The molecular formula is C12H22N2O2. The van der Waals surface area contributed by atoms with Crippen molar-refractivity contribution in [1.29, 1.82) is 0 Å². The number of nitrogens with zero attached hydrogens (tertiary/aromatic N) is 1. The summed E-state index contributed by atoms with van der Waals surface area (Å²) in [5.74, 6) is 0.139. The number of amides is 1. The van der Waals surface area contributed by atoms with E-state index >= 15 is 0 Å². The summed E-state index contributed by atoms with van der Waals surface area (Å²) in [4.78, 5) is 13.7. The average Bonchev–Trinajstić information content (AvgIpc) is 2.16. The summed E-state index contributed by atoms with van der Waals surface area (Å²) in [6.45, 7) is 5.89. The van der Waals surface area contributed by atoms with E-state index in [-0.39, 0.29) is 5.91 Å². The Labute approximate surface area is 97.4 Å². The third-order valence-electron chi connectivity index (χ3n) is 2.59. The number of rotatable bonds is 4. The van der Waals surface area contributed by atoms with Gasteiger partial charge in [-0.3, -0.25) is 4.79 Å². The first-order valence-electron chi connectivity index (χ1n) is 5.66. The Balaban J connectivity index is 2.44. The minimum absolute atomic E-state index is 0.139. The standard InChI is InChI=1S/C12H22N2O2/c1-12(2,13)8-11(15)14-6-4-10(5-7-14)9-16-3/h4H,5-9,13H2,1-3H3. The summed E-state index contributed by atoms with van der Waals surface area (Å²) < 4.78 is 5.07. The van der Waals surface area contributed by atoms with Gasteiger partial charge in [-0.2, -0.15) is 0 Å². The second kappa shape index (κ2) is 5.46. The van der Waals surface area contributed by atoms with Gasteiger partial charge < -0.3 is 15.4 Å². The summed E-state index contributed by atoms with van der Waals surface area (Å²) in [7, 11) is 1.69. The zero-order valence-electron chi connectivity index (χ0n) is 10.5. The second-order valence-electron chi connectivity index (χ2n) is 5.05. The van der Waals surface area contributed by atoms with Crippen LogP contribution >= 0.6 is 0 Å². The summed E-state index contributed by atoms with van der Waals surface area (Å²) in [6.07, 6.45) is 3.39. The lowest BCUT2D eigenvalue weighted by Gasteiger charge is -2.29. The van der Waals surface area contributed by atoms with E-state index in [4.69, 9.17) is 10.5 Å². The zero-order chi connectivity index (χ0) is 12.2. The topological polar surface area (TPSA) is 55.6 Å². The highest BCUT2D eigenvalue weighted by Gasteiger charge is 2.22. The zero-order valence-corrected chi connectivity index (χ0v) is 10.5. The van der Waals surface area contributed by atoms with Crippen LogP contribution in [0.5, 0.6) is 0 Å². The van der Waals surface area contributed by atoms with Gasteiger partial charge in [0, 0.05) is 32.2 Å². The minimum atomic E-state index is -0.423. The van der Waals surface area contributed by atoms with E-state index in [1.54, 1.807) is 7.11 Å². The molecule has 1 aliphatic heterocycles. The molecule has 0 atom stereocenters. The molecule has 0 radical (unpaired) electrons. The maximum Gasteiger partial charge on any atom is 0.224 e. The predicted octanol–water partition coefficient (Wildman–Crippen LogP) is 0.919. The average molecular weight is 226 g/mol. The first-order valence-corrected chi connectivity index (χ1v) is 5.66. The van der Waals surface area contributed by atoms with Crippen molar-refractivity contribution in [3.8, 4) is 0 Å². The predicted molar refractivity (Wildman–Crippen MR) is 64.0 cm³/mol. The van der Waals surface area contributed by atoms with E-state index in [0.717, 1.165) is 13.0 Å². The van der Waals surface area contributed by atoms with Crippen LogP contribution < -0.4 is 5.73 Å². The van der Waals surface area contributed by atoms with Crippen LogP contribution in [0.4, 0.5) is 0 Å². The molecule has 4 nitrogen and oxygen atoms in total. The lowest BCUT2D eigenvalue weighted by molar-refractivity contribution is -0.131. The fraction of sp³-hybridized carbons (Fsp3) is 0.750. The van der Waals surface area contributed by atoms with Crippen LogP contribution in [0.3, 0.4) is 0 Å². The van der Waals surface area contributed by atoms with Gasteiger partial charge in [0.1, 0.15) is 0 Å². The molecule has 4 heteroatoms. The first-order chi connectivity index (χ1) is 7.42. The van der Waals surface area contributed by atoms with Crippen LogP contribution in [-0.2, 0) is 9.53 Å². The molecule has 1 aliphatic rings. The van der Waals surface area contributed by atoms with Gasteiger partial charge in [0.05, 0.1) is 6.61 Å². The van der Waals surface area contributed by atoms with Gasteiger partial charge in [0.15, 0.2) is 0 Å². The SMILES string of the molecule is COCC1=CCN(C(=O)CC(C)(C)N)CC1. The molecule has 0 bridgehead atoms. The van der Waals surface area contributed by atoms with Crippen LogP contribution in [0.15, 0.2) is 11.6 Å². The molecule has 1 rings (SSSR count). The van der Waals surface area contributed by atoms with Gasteiger partial charge in [-0.05, 0) is 25.8 Å². The highest BCUT2D eigenvalue weighted by Crippen LogP contribution is 2.14. The molecule has 0 fully saturated rings. The van der Waals surface area contributed by atoms with Crippen molar-refractivity contribution < 1.29 is 9.53 Å². The third-order valence-corrected chi connectivity index (χ3v) is 2.59. The maximum atomic E-state index is 11.9. The second-order valence-corrected chi connectivity index (χ2v) is 5.05. The Hall–Kier alpha value is -0.870. The third kappa shape index (κ3) is 4.33. The molecule has 0 aliphatic carbocycles. The van der Waals surface area contributed by atoms with E-state index in [2.05, 4.69) is 6.08 Å². The molecule has 2 N–H and O–H groups in total. The molecule has 1 heterocycles. The quantitative estimate of drug-likeness (QED) is 0.725. The molecule has 0 unspecified atom stereocenters. The Bertz CT molecular complexity index is 279. The molecule has 0 saturated heterocycles. The number of hydrogen-bond donors (Lipinski definition) is 1. The molecular weight excluding hydrogens is 204 g/mol. The molecule has 16 heavy (non-hydrogen) atoms. The number of carbonyl (C=O) groups excluding carboxylic acids is 1. The number of carbonyl (C=O) groups is 1. The molecule has 92 valence electrons. The minimum Gasteiger partial charge on any atom is -0.380 e. The number of ether oxygens (including phenoxy) is 1. The van der Waals surface area contributed by atoms with Gasteiger partial charge >= 0.3 is 0 Å². The van der Waals surface area contributed by atoms with Gasteiger partial charge in [-0.1, -0.05) is 6.08 Å². The molecule has 1 amide bonds. The molecule has 0 aromatic rings. The van der Waals surface area contributed by atoms with Crippen molar-refractivity contribution in [1.82, 2.24) is 4.90 Å². The summed E-state index contributed by atoms with van der Waals surface area (Å²) in [6, 6.07) is 0. The van der Waals surface area contributed by atoms with Crippen molar-refractivity contribution in [3.63, 3.8) is 0 Å². The van der Waals surface area contributed by atoms with Crippen LogP contribution in [0.2, 0.25) is 0 Å². The van der Waals surface area contributed by atoms with Crippen molar-refractivity contribution in [2.45, 2.75) is 32.2 Å². The fourth-order valence-electron chi connectivity index (χ4n) is 1.76. The van der Waals surface area contributed by atoms with Crippen LogP contribution in [0.1, 0.15) is 26.7 Å². The van der Waals surface area contributed by atoms with Crippen molar-refractivity contribution in [2.24, 2.45) is 5.73 Å². The Morgan fingerprint density at radius 1 is 1.62 bits per heavy atom. The summed E-state index contributed by atoms with van der Waals surface area (Å²) >= 11 is 0. The van der Waals surface area contributed by atoms with E-state index in [9.17, 15) is 4.79 Å². The smallest absolute Gasteiger partial charge is 0.224 e. The van der Waals surface area contributed by atoms with E-state index in [1.165, 1.54) is 5.57 Å².